The maximum absolute atomic E-state index is 10.6. The van der Waals surface area contributed by atoms with Gasteiger partial charge in [0.2, 0.25) is 0 Å². The second-order valence-corrected chi connectivity index (χ2v) is 7.51. The van der Waals surface area contributed by atoms with Gasteiger partial charge in [0.25, 0.3) is 0 Å². The van der Waals surface area contributed by atoms with E-state index in [4.69, 9.17) is 5.26 Å². The van der Waals surface area contributed by atoms with Crippen LogP contribution < -0.4 is 10.2 Å². The molecule has 0 radical (unpaired) electrons. The summed E-state index contributed by atoms with van der Waals surface area (Å²) in [5.74, 6) is 0.650. The van der Waals surface area contributed by atoms with Gasteiger partial charge >= 0.3 is 0 Å². The molecule has 0 bridgehead atoms. The molecule has 7 heteroatoms. The maximum atomic E-state index is 10.6. The second kappa shape index (κ2) is 7.23. The van der Waals surface area contributed by atoms with E-state index in [-0.39, 0.29) is 0 Å². The van der Waals surface area contributed by atoms with Crippen molar-refractivity contribution in [2.75, 3.05) is 31.7 Å². The van der Waals surface area contributed by atoms with Gasteiger partial charge in [-0.2, -0.15) is 5.26 Å². The molecule has 3 N–H and O–H groups in total. The summed E-state index contributed by atoms with van der Waals surface area (Å²) in [6, 6.07) is 4.67. The van der Waals surface area contributed by atoms with Crippen LogP contribution in [0.4, 0.5) is 5.69 Å². The van der Waals surface area contributed by atoms with E-state index in [2.05, 4.69) is 32.3 Å². The lowest BCUT2D eigenvalue weighted by Crippen LogP contribution is -2.49. The third-order valence-corrected chi connectivity index (χ3v) is 5.84. The molecule has 1 saturated carbocycles. The van der Waals surface area contributed by atoms with Crippen LogP contribution in [0.2, 0.25) is 0 Å². The minimum Gasteiger partial charge on any atom is -0.374 e. The molecular formula is C19H26N6O. The lowest BCUT2D eigenvalue weighted by molar-refractivity contribution is 0.0111. The Hall–Kier alpha value is -2.14. The Morgan fingerprint density at radius 2 is 2.19 bits per heavy atom. The summed E-state index contributed by atoms with van der Waals surface area (Å²) in [6.45, 7) is 2.09. The van der Waals surface area contributed by atoms with Crippen LogP contribution in [0.5, 0.6) is 0 Å². The molecule has 0 spiro atoms. The molecule has 0 amide bonds. The minimum absolute atomic E-state index is 0.431. The molecule has 0 aromatic carbocycles. The van der Waals surface area contributed by atoms with E-state index < -0.39 is 6.23 Å². The van der Waals surface area contributed by atoms with Gasteiger partial charge in [-0.05, 0) is 51.3 Å². The minimum atomic E-state index is -0.612. The fraction of sp³-hybridized carbons (Fsp3) is 0.579. The van der Waals surface area contributed by atoms with Gasteiger partial charge in [-0.15, -0.1) is 0 Å². The van der Waals surface area contributed by atoms with Crippen molar-refractivity contribution in [1.82, 2.24) is 20.2 Å². The Bertz CT molecular complexity index is 804. The number of fused-ring (bicyclic) bond motifs is 3. The molecule has 2 aliphatic rings. The SMILES string of the molecule is CN1CN(C2CCC(CNCC#N)CC2)c2c(cnc3[nH]ccc23)C1O. The average Bonchev–Trinajstić information content (AvgIpc) is 3.14. The number of aromatic nitrogens is 2. The summed E-state index contributed by atoms with van der Waals surface area (Å²) in [5.41, 5.74) is 2.90. The van der Waals surface area contributed by atoms with Crippen LogP contribution in [0.3, 0.4) is 0 Å². The molecule has 4 rings (SSSR count). The zero-order valence-corrected chi connectivity index (χ0v) is 15.1. The first-order chi connectivity index (χ1) is 12.7. The van der Waals surface area contributed by atoms with Crippen LogP contribution >= 0.6 is 0 Å². The highest BCUT2D eigenvalue weighted by molar-refractivity contribution is 5.92. The Labute approximate surface area is 153 Å². The summed E-state index contributed by atoms with van der Waals surface area (Å²) in [7, 11) is 1.96. The van der Waals surface area contributed by atoms with E-state index in [1.807, 2.05) is 18.1 Å². The predicted molar refractivity (Wildman–Crippen MR) is 100 cm³/mol. The smallest absolute Gasteiger partial charge is 0.139 e. The van der Waals surface area contributed by atoms with Gasteiger partial charge < -0.3 is 20.3 Å². The number of hydrogen-bond acceptors (Lipinski definition) is 6. The molecule has 3 heterocycles. The van der Waals surface area contributed by atoms with Crippen molar-refractivity contribution in [2.45, 2.75) is 38.0 Å². The standard InChI is InChI=1S/C19H26N6O/c1-24-12-25(14-4-2-13(3-5-14)10-21-9-7-20)17-15-6-8-22-18(15)23-11-16(17)19(24)26/h6,8,11,13-14,19,21,26H,2-5,9-10,12H2,1H3,(H,22,23). The monoisotopic (exact) mass is 354 g/mol. The van der Waals surface area contributed by atoms with Gasteiger partial charge in [0, 0.05) is 29.4 Å². The molecule has 138 valence electrons. The first-order valence-electron chi connectivity index (χ1n) is 9.37. The first-order valence-corrected chi connectivity index (χ1v) is 9.37. The van der Waals surface area contributed by atoms with Gasteiger partial charge in [0.1, 0.15) is 11.9 Å². The molecule has 2 aromatic rings. The summed E-state index contributed by atoms with van der Waals surface area (Å²) < 4.78 is 0. The number of aromatic amines is 1. The predicted octanol–water partition coefficient (Wildman–Crippen LogP) is 1.94. The topological polar surface area (TPSA) is 91.2 Å². The molecule has 1 unspecified atom stereocenters. The van der Waals surface area contributed by atoms with Crippen LogP contribution in [-0.2, 0) is 0 Å². The van der Waals surface area contributed by atoms with Crippen molar-refractivity contribution >= 4 is 16.7 Å². The van der Waals surface area contributed by atoms with Crippen LogP contribution in [0.15, 0.2) is 18.5 Å². The van der Waals surface area contributed by atoms with Crippen molar-refractivity contribution in [3.8, 4) is 6.07 Å². The number of anilines is 1. The van der Waals surface area contributed by atoms with Crippen molar-refractivity contribution < 1.29 is 5.11 Å². The number of rotatable bonds is 4. The van der Waals surface area contributed by atoms with E-state index in [0.29, 0.717) is 18.5 Å². The van der Waals surface area contributed by atoms with Crippen LogP contribution in [0.25, 0.3) is 11.0 Å². The van der Waals surface area contributed by atoms with Gasteiger partial charge in [0.15, 0.2) is 0 Å². The zero-order chi connectivity index (χ0) is 18.1. The van der Waals surface area contributed by atoms with Crippen molar-refractivity contribution in [3.63, 3.8) is 0 Å². The number of aliphatic hydroxyl groups excluding tert-OH is 1. The number of nitriles is 1. The summed E-state index contributed by atoms with van der Waals surface area (Å²) in [5, 5.41) is 23.6. The maximum Gasteiger partial charge on any atom is 0.139 e. The van der Waals surface area contributed by atoms with Gasteiger partial charge in [-0.1, -0.05) is 0 Å². The molecule has 0 saturated heterocycles. The quantitative estimate of drug-likeness (QED) is 0.574. The van der Waals surface area contributed by atoms with Gasteiger partial charge in [0.05, 0.1) is 25.0 Å². The lowest BCUT2D eigenvalue weighted by atomic mass is 9.84. The van der Waals surface area contributed by atoms with E-state index >= 15 is 0 Å². The number of nitrogens with zero attached hydrogens (tertiary/aromatic N) is 4. The molecule has 1 aliphatic heterocycles. The van der Waals surface area contributed by atoms with E-state index in [1.165, 1.54) is 12.8 Å². The van der Waals surface area contributed by atoms with Crippen LogP contribution in [0.1, 0.15) is 37.5 Å². The fourth-order valence-corrected chi connectivity index (χ4v) is 4.44. The van der Waals surface area contributed by atoms with Crippen molar-refractivity contribution in [3.05, 3.63) is 24.0 Å². The van der Waals surface area contributed by atoms with Crippen molar-refractivity contribution in [1.29, 1.82) is 5.26 Å². The van der Waals surface area contributed by atoms with Crippen molar-refractivity contribution in [2.24, 2.45) is 5.92 Å². The number of H-pyrrole nitrogens is 1. The fourth-order valence-electron chi connectivity index (χ4n) is 4.44. The summed E-state index contributed by atoms with van der Waals surface area (Å²) >= 11 is 0. The zero-order valence-electron chi connectivity index (χ0n) is 15.1. The third-order valence-electron chi connectivity index (χ3n) is 5.84. The molecule has 7 nitrogen and oxygen atoms in total. The molecule has 1 aliphatic carbocycles. The number of aliphatic hydroxyl groups is 1. The molecule has 26 heavy (non-hydrogen) atoms. The highest BCUT2D eigenvalue weighted by Crippen LogP contribution is 2.41. The van der Waals surface area contributed by atoms with Crippen LogP contribution in [0, 0.1) is 17.2 Å². The lowest BCUT2D eigenvalue weighted by Gasteiger charge is -2.46. The molecule has 2 aromatic heterocycles. The third kappa shape index (κ3) is 3.05. The summed E-state index contributed by atoms with van der Waals surface area (Å²) in [4.78, 5) is 12.1. The number of nitrogens with one attached hydrogen (secondary N) is 2. The Morgan fingerprint density at radius 3 is 2.96 bits per heavy atom. The van der Waals surface area contributed by atoms with Gasteiger partial charge in [-0.3, -0.25) is 4.90 Å². The van der Waals surface area contributed by atoms with Gasteiger partial charge in [-0.25, -0.2) is 4.98 Å². The summed E-state index contributed by atoms with van der Waals surface area (Å²) in [6.07, 6.45) is 7.72. The van der Waals surface area contributed by atoms with E-state index in [1.54, 1.807) is 6.20 Å². The molecular weight excluding hydrogens is 328 g/mol. The van der Waals surface area contributed by atoms with Crippen LogP contribution in [-0.4, -0.2) is 52.8 Å². The largest absolute Gasteiger partial charge is 0.374 e. The number of hydrogen-bond donors (Lipinski definition) is 3. The average molecular weight is 354 g/mol. The Kier molecular flexibility index (Phi) is 4.81. The Balaban J connectivity index is 1.56. The normalized spacial score (nSPS) is 26.7. The second-order valence-electron chi connectivity index (χ2n) is 7.51. The number of pyridine rings is 1. The van der Waals surface area contributed by atoms with E-state index in [0.717, 1.165) is 48.3 Å². The Morgan fingerprint density at radius 1 is 1.38 bits per heavy atom. The highest BCUT2D eigenvalue weighted by Gasteiger charge is 2.35. The first kappa shape index (κ1) is 17.3. The van der Waals surface area contributed by atoms with E-state index in [9.17, 15) is 5.11 Å². The molecule has 1 fully saturated rings. The highest BCUT2D eigenvalue weighted by atomic mass is 16.3. The molecule has 1 atom stereocenters.